The Balaban J connectivity index is 2.02. The monoisotopic (exact) mass is 343 g/mol. The summed E-state index contributed by atoms with van der Waals surface area (Å²) in [5, 5.41) is 3.76. The molecule has 2 amide bonds. The second-order valence-electron chi connectivity index (χ2n) is 5.62. The Bertz CT molecular complexity index is 560. The molecule has 1 fully saturated rings. The van der Waals surface area contributed by atoms with E-state index in [0.717, 1.165) is 0 Å². The maximum Gasteiger partial charge on any atom is 0.227 e. The second kappa shape index (κ2) is 7.31. The molecule has 2 atom stereocenters. The van der Waals surface area contributed by atoms with Crippen molar-refractivity contribution in [3.63, 3.8) is 0 Å². The van der Waals surface area contributed by atoms with Gasteiger partial charge in [0.1, 0.15) is 0 Å². The lowest BCUT2D eigenvalue weighted by molar-refractivity contribution is -0.126. The lowest BCUT2D eigenvalue weighted by atomic mass is 10.1. The van der Waals surface area contributed by atoms with Crippen LogP contribution in [0.4, 0.5) is 5.69 Å². The molecule has 0 bridgehead atoms. The van der Waals surface area contributed by atoms with Gasteiger partial charge in [-0.15, -0.1) is 0 Å². The van der Waals surface area contributed by atoms with Crippen molar-refractivity contribution in [2.75, 3.05) is 24.5 Å². The Morgan fingerprint density at radius 2 is 2.05 bits per heavy atom. The molecule has 1 heterocycles. The zero-order valence-corrected chi connectivity index (χ0v) is 13.8. The molecule has 0 saturated carbocycles. The lowest BCUT2D eigenvalue weighted by Gasteiger charge is -2.18. The highest BCUT2D eigenvalue weighted by Crippen LogP contribution is 2.30. The molecule has 5 nitrogen and oxygen atoms in total. The van der Waals surface area contributed by atoms with Crippen LogP contribution in [-0.2, 0) is 9.59 Å². The number of benzene rings is 1. The van der Waals surface area contributed by atoms with Gasteiger partial charge >= 0.3 is 0 Å². The summed E-state index contributed by atoms with van der Waals surface area (Å²) >= 11 is 11.9. The van der Waals surface area contributed by atoms with E-state index < -0.39 is 0 Å². The number of carbonyl (C=O) groups is 2. The van der Waals surface area contributed by atoms with Crippen LogP contribution in [0.1, 0.15) is 13.3 Å². The summed E-state index contributed by atoms with van der Waals surface area (Å²) in [6.45, 7) is 3.32. The molecule has 1 aromatic rings. The van der Waals surface area contributed by atoms with Gasteiger partial charge in [-0.3, -0.25) is 9.59 Å². The first kappa shape index (κ1) is 17.1. The van der Waals surface area contributed by atoms with Gasteiger partial charge in [0.2, 0.25) is 11.8 Å². The SMILES string of the molecule is CC(CN)CNC(=O)C1CC(=O)N(c2cc(Cl)cc(Cl)c2)C1. The van der Waals surface area contributed by atoms with Crippen molar-refractivity contribution in [3.8, 4) is 0 Å². The third-order valence-electron chi connectivity index (χ3n) is 3.68. The van der Waals surface area contributed by atoms with Crippen molar-refractivity contribution >= 4 is 40.7 Å². The number of amides is 2. The molecule has 1 aliphatic heterocycles. The molecular weight excluding hydrogens is 325 g/mol. The summed E-state index contributed by atoms with van der Waals surface area (Å²) < 4.78 is 0. The van der Waals surface area contributed by atoms with Gasteiger partial charge in [-0.05, 0) is 30.7 Å². The van der Waals surface area contributed by atoms with Crippen LogP contribution in [0.15, 0.2) is 18.2 Å². The Morgan fingerprint density at radius 1 is 1.41 bits per heavy atom. The molecule has 2 rings (SSSR count). The largest absolute Gasteiger partial charge is 0.355 e. The van der Waals surface area contributed by atoms with Crippen molar-refractivity contribution in [2.24, 2.45) is 17.6 Å². The standard InChI is InChI=1S/C15H19Cl2N3O2/c1-9(6-18)7-19-15(22)10-2-14(21)20(8-10)13-4-11(16)3-12(17)5-13/h3-5,9-10H,2,6-8,18H2,1H3,(H,19,22). The summed E-state index contributed by atoms with van der Waals surface area (Å²) in [5.74, 6) is -0.381. The predicted octanol–water partition coefficient (Wildman–Crippen LogP) is 2.06. The molecule has 3 N–H and O–H groups in total. The quantitative estimate of drug-likeness (QED) is 0.859. The van der Waals surface area contributed by atoms with Crippen molar-refractivity contribution in [2.45, 2.75) is 13.3 Å². The van der Waals surface area contributed by atoms with E-state index in [4.69, 9.17) is 28.9 Å². The van der Waals surface area contributed by atoms with E-state index in [1.54, 1.807) is 23.1 Å². The van der Waals surface area contributed by atoms with Gasteiger partial charge in [-0.1, -0.05) is 30.1 Å². The van der Waals surface area contributed by atoms with Gasteiger partial charge < -0.3 is 16.0 Å². The van der Waals surface area contributed by atoms with Crippen molar-refractivity contribution in [1.82, 2.24) is 5.32 Å². The normalized spacial score (nSPS) is 19.4. The highest BCUT2D eigenvalue weighted by Gasteiger charge is 2.35. The molecule has 0 aromatic heterocycles. The summed E-state index contributed by atoms with van der Waals surface area (Å²) in [6, 6.07) is 4.94. The number of nitrogens with two attached hydrogens (primary N) is 1. The Morgan fingerprint density at radius 3 is 2.64 bits per heavy atom. The van der Waals surface area contributed by atoms with E-state index >= 15 is 0 Å². The van der Waals surface area contributed by atoms with E-state index in [9.17, 15) is 9.59 Å². The number of rotatable bonds is 5. The number of nitrogens with zero attached hydrogens (tertiary/aromatic N) is 1. The summed E-state index contributed by atoms with van der Waals surface area (Å²) in [6.07, 6.45) is 0.187. The summed E-state index contributed by atoms with van der Waals surface area (Å²) in [7, 11) is 0. The average molecular weight is 344 g/mol. The topological polar surface area (TPSA) is 75.4 Å². The van der Waals surface area contributed by atoms with Gasteiger partial charge in [0.15, 0.2) is 0 Å². The fraction of sp³-hybridized carbons (Fsp3) is 0.467. The number of halogens is 2. The van der Waals surface area contributed by atoms with Gasteiger partial charge in [0, 0.05) is 35.2 Å². The zero-order chi connectivity index (χ0) is 16.3. The second-order valence-corrected chi connectivity index (χ2v) is 6.49. The predicted molar refractivity (Wildman–Crippen MR) is 88.2 cm³/mol. The van der Waals surface area contributed by atoms with Crippen LogP contribution < -0.4 is 16.0 Å². The van der Waals surface area contributed by atoms with E-state index in [0.29, 0.717) is 35.4 Å². The van der Waals surface area contributed by atoms with Crippen LogP contribution in [0.5, 0.6) is 0 Å². The number of anilines is 1. The van der Waals surface area contributed by atoms with Gasteiger partial charge in [0.25, 0.3) is 0 Å². The van der Waals surface area contributed by atoms with Crippen molar-refractivity contribution in [1.29, 1.82) is 0 Å². The molecule has 120 valence electrons. The molecule has 1 saturated heterocycles. The Hall–Kier alpha value is -1.30. The van der Waals surface area contributed by atoms with Crippen molar-refractivity contribution < 1.29 is 9.59 Å². The molecule has 0 spiro atoms. The maximum atomic E-state index is 12.1. The third kappa shape index (κ3) is 4.12. The fourth-order valence-corrected chi connectivity index (χ4v) is 2.84. The number of hydrogen-bond acceptors (Lipinski definition) is 3. The maximum absolute atomic E-state index is 12.1. The summed E-state index contributed by atoms with van der Waals surface area (Å²) in [4.78, 5) is 25.8. The van der Waals surface area contributed by atoms with Crippen LogP contribution in [0.3, 0.4) is 0 Å². The van der Waals surface area contributed by atoms with E-state index in [1.807, 2.05) is 6.92 Å². The first-order valence-corrected chi connectivity index (χ1v) is 7.90. The first-order chi connectivity index (χ1) is 10.4. The number of nitrogens with one attached hydrogen (secondary N) is 1. The molecule has 22 heavy (non-hydrogen) atoms. The van der Waals surface area contributed by atoms with Gasteiger partial charge in [0.05, 0.1) is 5.92 Å². The lowest BCUT2D eigenvalue weighted by Crippen LogP contribution is -2.36. The van der Waals surface area contributed by atoms with Crippen molar-refractivity contribution in [3.05, 3.63) is 28.2 Å². The van der Waals surface area contributed by atoms with Crippen LogP contribution in [-0.4, -0.2) is 31.4 Å². The third-order valence-corrected chi connectivity index (χ3v) is 4.12. The number of hydrogen-bond donors (Lipinski definition) is 2. The molecule has 7 heteroatoms. The minimum atomic E-state index is -0.366. The minimum Gasteiger partial charge on any atom is -0.355 e. The number of carbonyl (C=O) groups excluding carboxylic acids is 2. The van der Waals surface area contributed by atoms with E-state index in [-0.39, 0.29) is 30.1 Å². The molecule has 1 aromatic carbocycles. The Labute approximate surface area is 139 Å². The molecule has 0 radical (unpaired) electrons. The van der Waals surface area contributed by atoms with Crippen LogP contribution >= 0.6 is 23.2 Å². The van der Waals surface area contributed by atoms with Crippen LogP contribution in [0, 0.1) is 11.8 Å². The summed E-state index contributed by atoms with van der Waals surface area (Å²) in [5.41, 5.74) is 6.14. The molecule has 1 aliphatic rings. The fourth-order valence-electron chi connectivity index (χ4n) is 2.33. The first-order valence-electron chi connectivity index (χ1n) is 7.15. The van der Waals surface area contributed by atoms with Crippen LogP contribution in [0.2, 0.25) is 10.0 Å². The van der Waals surface area contributed by atoms with E-state index in [1.165, 1.54) is 0 Å². The highest BCUT2D eigenvalue weighted by atomic mass is 35.5. The highest BCUT2D eigenvalue weighted by molar-refractivity contribution is 6.35. The smallest absolute Gasteiger partial charge is 0.227 e. The molecule has 0 aliphatic carbocycles. The van der Waals surface area contributed by atoms with Gasteiger partial charge in [-0.25, -0.2) is 0 Å². The molecular formula is C15H19Cl2N3O2. The Kier molecular flexibility index (Phi) is 5.67. The van der Waals surface area contributed by atoms with Gasteiger partial charge in [-0.2, -0.15) is 0 Å². The zero-order valence-electron chi connectivity index (χ0n) is 12.3. The van der Waals surface area contributed by atoms with Crippen LogP contribution in [0.25, 0.3) is 0 Å². The molecule has 2 unspecified atom stereocenters. The minimum absolute atomic E-state index is 0.106. The average Bonchev–Trinajstić information content (AvgIpc) is 2.85. The van der Waals surface area contributed by atoms with E-state index in [2.05, 4.69) is 5.32 Å².